The Balaban J connectivity index is 2.28. The Kier molecular flexibility index (Phi) is 3.74. The summed E-state index contributed by atoms with van der Waals surface area (Å²) in [5, 5.41) is 0. The predicted molar refractivity (Wildman–Crippen MR) is 63.6 cm³/mol. The molecule has 1 saturated heterocycles. The second kappa shape index (κ2) is 5.10. The van der Waals surface area contributed by atoms with Crippen molar-refractivity contribution in [2.24, 2.45) is 5.73 Å². The molecule has 0 aliphatic carbocycles. The smallest absolute Gasteiger partial charge is 0.130 e. The Morgan fingerprint density at radius 2 is 2.18 bits per heavy atom. The number of likely N-dealkylation sites (tertiary alicyclic amines) is 1. The summed E-state index contributed by atoms with van der Waals surface area (Å²) in [4.78, 5) is 2.19. The first-order valence-corrected chi connectivity index (χ1v) is 6.06. The molecule has 0 radical (unpaired) electrons. The highest BCUT2D eigenvalue weighted by atomic mass is 19.1. The summed E-state index contributed by atoms with van der Waals surface area (Å²) in [5.74, 6) is -1.00. The normalized spacial score (nSPS) is 26.1. The third-order valence-electron chi connectivity index (χ3n) is 3.48. The van der Waals surface area contributed by atoms with Gasteiger partial charge in [0.05, 0.1) is 0 Å². The highest BCUT2D eigenvalue weighted by Gasteiger charge is 2.28. The third-order valence-corrected chi connectivity index (χ3v) is 3.48. The van der Waals surface area contributed by atoms with E-state index in [1.165, 1.54) is 12.1 Å². The van der Waals surface area contributed by atoms with Crippen molar-refractivity contribution < 1.29 is 8.78 Å². The fourth-order valence-electron chi connectivity index (χ4n) is 2.52. The van der Waals surface area contributed by atoms with E-state index in [4.69, 9.17) is 5.73 Å². The molecule has 0 spiro atoms. The second-order valence-electron chi connectivity index (χ2n) is 4.59. The van der Waals surface area contributed by atoms with Crippen LogP contribution in [-0.4, -0.2) is 24.0 Å². The number of nitrogens with two attached hydrogens (primary N) is 1. The molecule has 0 aromatic heterocycles. The molecule has 1 aliphatic rings. The van der Waals surface area contributed by atoms with Gasteiger partial charge in [0.15, 0.2) is 0 Å². The number of rotatable bonds is 2. The lowest BCUT2D eigenvalue weighted by Crippen LogP contribution is -2.42. The van der Waals surface area contributed by atoms with E-state index in [1.54, 1.807) is 0 Å². The van der Waals surface area contributed by atoms with Crippen molar-refractivity contribution in [3.05, 3.63) is 35.4 Å². The van der Waals surface area contributed by atoms with Crippen molar-refractivity contribution in [1.29, 1.82) is 0 Å². The van der Waals surface area contributed by atoms with Crippen LogP contribution in [0.5, 0.6) is 0 Å². The lowest BCUT2D eigenvalue weighted by molar-refractivity contribution is 0.140. The van der Waals surface area contributed by atoms with Crippen LogP contribution in [0.1, 0.15) is 31.4 Å². The average molecular weight is 240 g/mol. The van der Waals surface area contributed by atoms with E-state index in [0.717, 1.165) is 32.0 Å². The second-order valence-corrected chi connectivity index (χ2v) is 4.59. The minimum absolute atomic E-state index is 0.0238. The molecule has 2 atom stereocenters. The SMILES string of the molecule is CCN1CCC(N)CC1c1ccc(F)cc1F. The monoisotopic (exact) mass is 240 g/mol. The molecule has 1 heterocycles. The van der Waals surface area contributed by atoms with E-state index >= 15 is 0 Å². The molecular formula is C13H18F2N2. The molecule has 2 rings (SSSR count). The lowest BCUT2D eigenvalue weighted by Gasteiger charge is -2.38. The standard InChI is InChI=1S/C13H18F2N2/c1-2-17-6-5-10(16)8-13(17)11-4-3-9(14)7-12(11)15/h3-4,7,10,13H,2,5-6,8,16H2,1H3. The maximum Gasteiger partial charge on any atom is 0.130 e. The van der Waals surface area contributed by atoms with Gasteiger partial charge in [-0.1, -0.05) is 13.0 Å². The number of benzene rings is 1. The number of nitrogens with zero attached hydrogens (tertiary/aromatic N) is 1. The summed E-state index contributed by atoms with van der Waals surface area (Å²) in [6.07, 6.45) is 1.67. The molecule has 2 nitrogen and oxygen atoms in total. The Labute approximate surface area is 100 Å². The summed E-state index contributed by atoms with van der Waals surface area (Å²) < 4.78 is 26.7. The summed E-state index contributed by atoms with van der Waals surface area (Å²) in [6.45, 7) is 3.78. The Morgan fingerprint density at radius 3 is 2.82 bits per heavy atom. The summed E-state index contributed by atoms with van der Waals surface area (Å²) in [6, 6.07) is 3.88. The zero-order valence-electron chi connectivity index (χ0n) is 10.00. The number of hydrogen-bond acceptors (Lipinski definition) is 2. The molecule has 1 fully saturated rings. The highest BCUT2D eigenvalue weighted by Crippen LogP contribution is 2.31. The molecule has 0 bridgehead atoms. The fourth-order valence-corrected chi connectivity index (χ4v) is 2.52. The van der Waals surface area contributed by atoms with Crippen LogP contribution in [0.3, 0.4) is 0 Å². The topological polar surface area (TPSA) is 29.3 Å². The molecule has 94 valence electrons. The van der Waals surface area contributed by atoms with Gasteiger partial charge in [-0.15, -0.1) is 0 Å². The van der Waals surface area contributed by atoms with Crippen molar-refractivity contribution in [3.63, 3.8) is 0 Å². The first-order valence-electron chi connectivity index (χ1n) is 6.06. The van der Waals surface area contributed by atoms with Crippen LogP contribution in [0.2, 0.25) is 0 Å². The number of halogens is 2. The van der Waals surface area contributed by atoms with E-state index in [-0.39, 0.29) is 12.1 Å². The highest BCUT2D eigenvalue weighted by molar-refractivity contribution is 5.23. The van der Waals surface area contributed by atoms with Gasteiger partial charge >= 0.3 is 0 Å². The Bertz CT molecular complexity index is 395. The minimum atomic E-state index is -0.533. The van der Waals surface area contributed by atoms with E-state index < -0.39 is 11.6 Å². The molecule has 0 amide bonds. The largest absolute Gasteiger partial charge is 0.328 e. The van der Waals surface area contributed by atoms with Gasteiger partial charge in [0.2, 0.25) is 0 Å². The zero-order valence-corrected chi connectivity index (χ0v) is 10.00. The van der Waals surface area contributed by atoms with Crippen molar-refractivity contribution in [2.75, 3.05) is 13.1 Å². The minimum Gasteiger partial charge on any atom is -0.328 e. The van der Waals surface area contributed by atoms with Gasteiger partial charge in [-0.2, -0.15) is 0 Å². The number of hydrogen-bond donors (Lipinski definition) is 1. The van der Waals surface area contributed by atoms with Gasteiger partial charge in [0.1, 0.15) is 11.6 Å². The van der Waals surface area contributed by atoms with E-state index in [9.17, 15) is 8.78 Å². The van der Waals surface area contributed by atoms with Gasteiger partial charge in [-0.25, -0.2) is 8.78 Å². The first-order chi connectivity index (χ1) is 8.11. The molecule has 1 aromatic rings. The van der Waals surface area contributed by atoms with Gasteiger partial charge < -0.3 is 5.73 Å². The van der Waals surface area contributed by atoms with Gasteiger partial charge in [0, 0.05) is 30.3 Å². The fraction of sp³-hybridized carbons (Fsp3) is 0.538. The maximum atomic E-state index is 13.8. The molecule has 0 saturated carbocycles. The van der Waals surface area contributed by atoms with Crippen molar-refractivity contribution in [2.45, 2.75) is 31.8 Å². The quantitative estimate of drug-likeness (QED) is 0.860. The van der Waals surface area contributed by atoms with Crippen LogP contribution in [0.25, 0.3) is 0 Å². The summed E-state index contributed by atoms with van der Waals surface area (Å²) >= 11 is 0. The first kappa shape index (κ1) is 12.5. The van der Waals surface area contributed by atoms with Gasteiger partial charge in [-0.05, 0) is 25.5 Å². The van der Waals surface area contributed by atoms with Gasteiger partial charge in [0.25, 0.3) is 0 Å². The van der Waals surface area contributed by atoms with Crippen LogP contribution >= 0.6 is 0 Å². The summed E-state index contributed by atoms with van der Waals surface area (Å²) in [7, 11) is 0. The Hall–Kier alpha value is -1.00. The average Bonchev–Trinajstić information content (AvgIpc) is 2.29. The van der Waals surface area contributed by atoms with Crippen LogP contribution in [0.4, 0.5) is 8.78 Å². The Morgan fingerprint density at radius 1 is 1.41 bits per heavy atom. The molecule has 1 aliphatic heterocycles. The van der Waals surface area contributed by atoms with Crippen molar-refractivity contribution in [3.8, 4) is 0 Å². The van der Waals surface area contributed by atoms with E-state index in [0.29, 0.717) is 5.56 Å². The van der Waals surface area contributed by atoms with E-state index in [1.807, 2.05) is 6.92 Å². The molecule has 2 unspecified atom stereocenters. The van der Waals surface area contributed by atoms with Crippen molar-refractivity contribution in [1.82, 2.24) is 4.90 Å². The van der Waals surface area contributed by atoms with Crippen LogP contribution in [0, 0.1) is 11.6 Å². The molecule has 2 N–H and O–H groups in total. The van der Waals surface area contributed by atoms with Crippen LogP contribution < -0.4 is 5.73 Å². The summed E-state index contributed by atoms with van der Waals surface area (Å²) in [5.41, 5.74) is 6.49. The molecule has 1 aromatic carbocycles. The molecule has 17 heavy (non-hydrogen) atoms. The van der Waals surface area contributed by atoms with E-state index in [2.05, 4.69) is 4.90 Å². The van der Waals surface area contributed by atoms with Crippen molar-refractivity contribution >= 4 is 0 Å². The third kappa shape index (κ3) is 2.64. The van der Waals surface area contributed by atoms with Crippen LogP contribution in [0.15, 0.2) is 18.2 Å². The maximum absolute atomic E-state index is 13.8. The predicted octanol–water partition coefficient (Wildman–Crippen LogP) is 2.45. The molecule has 4 heteroatoms. The number of piperidine rings is 1. The van der Waals surface area contributed by atoms with Crippen LogP contribution in [-0.2, 0) is 0 Å². The molecular weight excluding hydrogens is 222 g/mol. The zero-order chi connectivity index (χ0) is 12.4. The van der Waals surface area contributed by atoms with Gasteiger partial charge in [-0.3, -0.25) is 4.90 Å². The lowest BCUT2D eigenvalue weighted by atomic mass is 9.92.